The molecule has 0 radical (unpaired) electrons. The van der Waals surface area contributed by atoms with Crippen LogP contribution in [0.4, 0.5) is 5.69 Å². The zero-order valence-electron chi connectivity index (χ0n) is 14.3. The Hall–Kier alpha value is -2.16. The summed E-state index contributed by atoms with van der Waals surface area (Å²) in [5, 5.41) is 3.44. The SMILES string of the molecule is CCC(C)Oc1cccc(NCC(CC)Oc2ccccc2)c1. The third-order valence-corrected chi connectivity index (χ3v) is 3.78. The molecule has 0 aliphatic heterocycles. The van der Waals surface area contributed by atoms with Crippen molar-refractivity contribution < 1.29 is 9.47 Å². The van der Waals surface area contributed by atoms with E-state index in [4.69, 9.17) is 9.47 Å². The highest BCUT2D eigenvalue weighted by atomic mass is 16.5. The molecule has 0 heterocycles. The molecule has 1 N–H and O–H groups in total. The molecule has 0 spiro atoms. The summed E-state index contributed by atoms with van der Waals surface area (Å²) >= 11 is 0. The fourth-order valence-corrected chi connectivity index (χ4v) is 2.19. The highest BCUT2D eigenvalue weighted by Gasteiger charge is 2.08. The largest absolute Gasteiger partial charge is 0.491 e. The minimum absolute atomic E-state index is 0.136. The molecule has 2 unspecified atom stereocenters. The van der Waals surface area contributed by atoms with Crippen molar-refractivity contribution in [3.63, 3.8) is 0 Å². The molecule has 0 aliphatic rings. The zero-order valence-corrected chi connectivity index (χ0v) is 14.3. The van der Waals surface area contributed by atoms with Gasteiger partial charge in [-0.1, -0.05) is 38.1 Å². The maximum atomic E-state index is 6.00. The van der Waals surface area contributed by atoms with Gasteiger partial charge in [-0.3, -0.25) is 0 Å². The van der Waals surface area contributed by atoms with Gasteiger partial charge in [0.1, 0.15) is 17.6 Å². The van der Waals surface area contributed by atoms with Crippen LogP contribution in [0.5, 0.6) is 11.5 Å². The molecule has 0 fully saturated rings. The monoisotopic (exact) mass is 313 g/mol. The van der Waals surface area contributed by atoms with Gasteiger partial charge < -0.3 is 14.8 Å². The Morgan fingerprint density at radius 1 is 0.870 bits per heavy atom. The first-order valence-electron chi connectivity index (χ1n) is 8.43. The number of anilines is 1. The van der Waals surface area contributed by atoms with Gasteiger partial charge in [0.05, 0.1) is 12.6 Å². The maximum absolute atomic E-state index is 6.00. The molecule has 2 aromatic carbocycles. The van der Waals surface area contributed by atoms with E-state index < -0.39 is 0 Å². The molecule has 23 heavy (non-hydrogen) atoms. The summed E-state index contributed by atoms with van der Waals surface area (Å²) in [5.74, 6) is 1.82. The molecule has 0 aliphatic carbocycles. The lowest BCUT2D eigenvalue weighted by Gasteiger charge is -2.19. The van der Waals surface area contributed by atoms with Crippen molar-refractivity contribution in [1.82, 2.24) is 0 Å². The van der Waals surface area contributed by atoms with Gasteiger partial charge in [-0.25, -0.2) is 0 Å². The lowest BCUT2D eigenvalue weighted by molar-refractivity contribution is 0.209. The van der Waals surface area contributed by atoms with Crippen molar-refractivity contribution in [3.05, 3.63) is 54.6 Å². The fraction of sp³-hybridized carbons (Fsp3) is 0.400. The molecule has 2 atom stereocenters. The molecule has 0 amide bonds. The molecule has 124 valence electrons. The van der Waals surface area contributed by atoms with Gasteiger partial charge in [0.2, 0.25) is 0 Å². The molecule has 3 nitrogen and oxygen atoms in total. The van der Waals surface area contributed by atoms with Crippen LogP contribution in [0.25, 0.3) is 0 Å². The second-order valence-electron chi connectivity index (χ2n) is 5.71. The molecule has 0 bridgehead atoms. The van der Waals surface area contributed by atoms with Crippen LogP contribution < -0.4 is 14.8 Å². The van der Waals surface area contributed by atoms with Gasteiger partial charge >= 0.3 is 0 Å². The molecule has 0 saturated carbocycles. The van der Waals surface area contributed by atoms with E-state index in [1.165, 1.54) is 0 Å². The van der Waals surface area contributed by atoms with E-state index in [1.54, 1.807) is 0 Å². The number of hydrogen-bond acceptors (Lipinski definition) is 3. The highest BCUT2D eigenvalue weighted by molar-refractivity contribution is 5.48. The number of benzene rings is 2. The van der Waals surface area contributed by atoms with Crippen LogP contribution in [-0.4, -0.2) is 18.8 Å². The standard InChI is InChI=1S/C20H27NO2/c1-4-16(3)22-20-13-9-10-17(14-20)21-15-18(5-2)23-19-11-7-6-8-12-19/h6-14,16,18,21H,4-5,15H2,1-3H3. The first kappa shape index (κ1) is 17.2. The molecule has 3 heteroatoms. The normalized spacial score (nSPS) is 13.2. The van der Waals surface area contributed by atoms with E-state index in [0.29, 0.717) is 0 Å². The Labute approximate surface area is 139 Å². The lowest BCUT2D eigenvalue weighted by Crippen LogP contribution is -2.25. The van der Waals surface area contributed by atoms with Crippen molar-refractivity contribution in [3.8, 4) is 11.5 Å². The van der Waals surface area contributed by atoms with E-state index >= 15 is 0 Å². The molecule has 2 aromatic rings. The fourth-order valence-electron chi connectivity index (χ4n) is 2.19. The highest BCUT2D eigenvalue weighted by Crippen LogP contribution is 2.20. The van der Waals surface area contributed by atoms with E-state index in [-0.39, 0.29) is 12.2 Å². The Morgan fingerprint density at radius 3 is 2.30 bits per heavy atom. The average Bonchev–Trinajstić information content (AvgIpc) is 2.59. The minimum Gasteiger partial charge on any atom is -0.491 e. The van der Waals surface area contributed by atoms with Gasteiger partial charge in [0.25, 0.3) is 0 Å². The smallest absolute Gasteiger partial charge is 0.121 e. The van der Waals surface area contributed by atoms with Crippen molar-refractivity contribution >= 4 is 5.69 Å². The zero-order chi connectivity index (χ0) is 16.5. The Balaban J connectivity index is 1.89. The van der Waals surface area contributed by atoms with Gasteiger partial charge in [-0.05, 0) is 44.0 Å². The van der Waals surface area contributed by atoms with E-state index in [9.17, 15) is 0 Å². The molecule has 0 aromatic heterocycles. The molecule has 0 saturated heterocycles. The summed E-state index contributed by atoms with van der Waals surface area (Å²) in [7, 11) is 0. The second-order valence-corrected chi connectivity index (χ2v) is 5.71. The van der Waals surface area contributed by atoms with Crippen LogP contribution in [0.15, 0.2) is 54.6 Å². The number of hydrogen-bond donors (Lipinski definition) is 1. The summed E-state index contributed by atoms with van der Waals surface area (Å²) in [4.78, 5) is 0. The molecular formula is C20H27NO2. The van der Waals surface area contributed by atoms with Gasteiger partial charge in [-0.2, -0.15) is 0 Å². The van der Waals surface area contributed by atoms with Crippen LogP contribution in [0, 0.1) is 0 Å². The third-order valence-electron chi connectivity index (χ3n) is 3.78. The minimum atomic E-state index is 0.136. The van der Waals surface area contributed by atoms with Crippen LogP contribution in [0.2, 0.25) is 0 Å². The Morgan fingerprint density at radius 2 is 1.61 bits per heavy atom. The third kappa shape index (κ3) is 5.85. The first-order valence-corrected chi connectivity index (χ1v) is 8.43. The Kier molecular flexibility index (Phi) is 6.79. The predicted molar refractivity (Wildman–Crippen MR) is 96.5 cm³/mol. The summed E-state index contributed by atoms with van der Waals surface area (Å²) in [6.07, 6.45) is 2.32. The average molecular weight is 313 g/mol. The maximum Gasteiger partial charge on any atom is 0.121 e. The Bertz CT molecular complexity index is 571. The van der Waals surface area contributed by atoms with E-state index in [0.717, 1.165) is 36.6 Å². The van der Waals surface area contributed by atoms with Crippen LogP contribution in [-0.2, 0) is 0 Å². The first-order chi connectivity index (χ1) is 11.2. The number of nitrogens with one attached hydrogen (secondary N) is 1. The topological polar surface area (TPSA) is 30.5 Å². The van der Waals surface area contributed by atoms with E-state index in [1.807, 2.05) is 48.5 Å². The van der Waals surface area contributed by atoms with Crippen molar-refractivity contribution in [2.45, 2.75) is 45.8 Å². The van der Waals surface area contributed by atoms with Crippen LogP contribution in [0.3, 0.4) is 0 Å². The van der Waals surface area contributed by atoms with Crippen LogP contribution in [0.1, 0.15) is 33.6 Å². The predicted octanol–water partition coefficient (Wildman–Crippen LogP) is 5.13. The van der Waals surface area contributed by atoms with Gasteiger partial charge in [-0.15, -0.1) is 0 Å². The van der Waals surface area contributed by atoms with Gasteiger partial charge in [0.15, 0.2) is 0 Å². The summed E-state index contributed by atoms with van der Waals surface area (Å²) in [6, 6.07) is 18.1. The van der Waals surface area contributed by atoms with Crippen molar-refractivity contribution in [2.75, 3.05) is 11.9 Å². The summed E-state index contributed by atoms with van der Waals surface area (Å²) in [5.41, 5.74) is 1.06. The van der Waals surface area contributed by atoms with E-state index in [2.05, 4.69) is 32.2 Å². The molecular weight excluding hydrogens is 286 g/mol. The van der Waals surface area contributed by atoms with Crippen molar-refractivity contribution in [1.29, 1.82) is 0 Å². The lowest BCUT2D eigenvalue weighted by atomic mass is 10.2. The van der Waals surface area contributed by atoms with Gasteiger partial charge in [0, 0.05) is 11.8 Å². The quantitative estimate of drug-likeness (QED) is 0.696. The van der Waals surface area contributed by atoms with Crippen LogP contribution >= 0.6 is 0 Å². The summed E-state index contributed by atoms with van der Waals surface area (Å²) < 4.78 is 11.9. The molecule has 2 rings (SSSR count). The number of rotatable bonds is 9. The summed E-state index contributed by atoms with van der Waals surface area (Å²) in [6.45, 7) is 7.11. The van der Waals surface area contributed by atoms with Crippen molar-refractivity contribution in [2.24, 2.45) is 0 Å². The second kappa shape index (κ2) is 9.09. The number of para-hydroxylation sites is 1. The number of ether oxygens (including phenoxy) is 2.